The maximum atomic E-state index is 5.74. The predicted molar refractivity (Wildman–Crippen MR) is 76.5 cm³/mol. The molecule has 0 radical (unpaired) electrons. The molecular formula is C14H22BrNO. The van der Waals surface area contributed by atoms with E-state index in [4.69, 9.17) is 10.5 Å². The zero-order chi connectivity index (χ0) is 12.7. The lowest BCUT2D eigenvalue weighted by Gasteiger charge is -2.10. The van der Waals surface area contributed by atoms with Crippen molar-refractivity contribution in [1.29, 1.82) is 0 Å². The summed E-state index contributed by atoms with van der Waals surface area (Å²) in [6, 6.07) is 6.11. The minimum atomic E-state index is 0.662. The van der Waals surface area contributed by atoms with Gasteiger partial charge in [0.1, 0.15) is 5.75 Å². The number of halogens is 1. The summed E-state index contributed by atoms with van der Waals surface area (Å²) in [4.78, 5) is 0. The Labute approximate surface area is 113 Å². The van der Waals surface area contributed by atoms with Crippen molar-refractivity contribution in [3.63, 3.8) is 0 Å². The first-order chi connectivity index (χ1) is 8.13. The van der Waals surface area contributed by atoms with E-state index in [1.165, 1.54) is 12.0 Å². The molecule has 0 amide bonds. The molecule has 0 heterocycles. The number of rotatable bonds is 7. The van der Waals surface area contributed by atoms with Crippen molar-refractivity contribution in [3.05, 3.63) is 28.2 Å². The van der Waals surface area contributed by atoms with Crippen molar-refractivity contribution in [1.82, 2.24) is 0 Å². The molecule has 2 nitrogen and oxygen atoms in total. The first-order valence-corrected chi connectivity index (χ1v) is 7.04. The van der Waals surface area contributed by atoms with Crippen molar-refractivity contribution < 1.29 is 4.74 Å². The van der Waals surface area contributed by atoms with Crippen LogP contribution in [0.3, 0.4) is 0 Å². The minimum Gasteiger partial charge on any atom is -0.494 e. The van der Waals surface area contributed by atoms with Crippen LogP contribution >= 0.6 is 15.9 Å². The number of nitrogens with two attached hydrogens (primary N) is 1. The molecule has 17 heavy (non-hydrogen) atoms. The molecule has 2 N–H and O–H groups in total. The van der Waals surface area contributed by atoms with E-state index in [-0.39, 0.29) is 0 Å². The summed E-state index contributed by atoms with van der Waals surface area (Å²) in [5.41, 5.74) is 6.79. The van der Waals surface area contributed by atoms with Gasteiger partial charge in [-0.1, -0.05) is 29.8 Å². The van der Waals surface area contributed by atoms with Gasteiger partial charge in [0, 0.05) is 4.47 Å². The van der Waals surface area contributed by atoms with E-state index in [0.717, 1.165) is 35.6 Å². The monoisotopic (exact) mass is 299 g/mol. The Morgan fingerprint density at radius 3 is 2.76 bits per heavy atom. The molecule has 0 unspecified atom stereocenters. The highest BCUT2D eigenvalue weighted by Gasteiger charge is 2.02. The second-order valence-corrected chi connectivity index (χ2v) is 5.53. The molecule has 1 rings (SSSR count). The van der Waals surface area contributed by atoms with Crippen molar-refractivity contribution in [2.45, 2.75) is 33.1 Å². The third-order valence-electron chi connectivity index (χ3n) is 2.63. The summed E-state index contributed by atoms with van der Waals surface area (Å²) in [5, 5.41) is 0. The molecule has 0 saturated heterocycles. The van der Waals surface area contributed by atoms with E-state index >= 15 is 0 Å². The molecule has 0 aliphatic heterocycles. The lowest BCUT2D eigenvalue weighted by atomic mass is 10.1. The second kappa shape index (κ2) is 7.72. The molecule has 0 spiro atoms. The zero-order valence-corrected chi connectivity index (χ0v) is 12.3. The average molecular weight is 300 g/mol. The van der Waals surface area contributed by atoms with E-state index in [0.29, 0.717) is 6.54 Å². The first kappa shape index (κ1) is 14.5. The first-order valence-electron chi connectivity index (χ1n) is 6.24. The van der Waals surface area contributed by atoms with Gasteiger partial charge in [-0.15, -0.1) is 0 Å². The SMILES string of the molecule is CC(C)CCCOc1ccc(Br)c(CCN)c1. The fraction of sp³-hybridized carbons (Fsp3) is 0.571. The van der Waals surface area contributed by atoms with E-state index in [9.17, 15) is 0 Å². The zero-order valence-electron chi connectivity index (χ0n) is 10.7. The molecule has 96 valence electrons. The van der Waals surface area contributed by atoms with Crippen LogP contribution in [0.5, 0.6) is 5.75 Å². The molecule has 0 fully saturated rings. The molecule has 1 aromatic carbocycles. The maximum Gasteiger partial charge on any atom is 0.119 e. The number of hydrogen-bond donors (Lipinski definition) is 1. The van der Waals surface area contributed by atoms with Crippen LogP contribution in [0.4, 0.5) is 0 Å². The Morgan fingerprint density at radius 2 is 2.12 bits per heavy atom. The third-order valence-corrected chi connectivity index (χ3v) is 3.40. The molecule has 3 heteroatoms. The Morgan fingerprint density at radius 1 is 1.35 bits per heavy atom. The van der Waals surface area contributed by atoms with Gasteiger partial charge >= 0.3 is 0 Å². The van der Waals surface area contributed by atoms with Gasteiger partial charge in [-0.05, 0) is 55.5 Å². The van der Waals surface area contributed by atoms with Crippen molar-refractivity contribution in [3.8, 4) is 5.75 Å². The van der Waals surface area contributed by atoms with Gasteiger partial charge in [-0.3, -0.25) is 0 Å². The summed E-state index contributed by atoms with van der Waals surface area (Å²) in [6.07, 6.45) is 3.20. The lowest BCUT2D eigenvalue weighted by molar-refractivity contribution is 0.297. The van der Waals surface area contributed by atoms with Crippen LogP contribution in [0, 0.1) is 5.92 Å². The van der Waals surface area contributed by atoms with Crippen LogP contribution in [0.2, 0.25) is 0 Å². The van der Waals surface area contributed by atoms with Gasteiger partial charge in [-0.25, -0.2) is 0 Å². The van der Waals surface area contributed by atoms with Gasteiger partial charge in [0.05, 0.1) is 6.61 Å². The summed E-state index contributed by atoms with van der Waals surface area (Å²) in [6.45, 7) is 5.93. The number of hydrogen-bond acceptors (Lipinski definition) is 2. The lowest BCUT2D eigenvalue weighted by Crippen LogP contribution is -2.04. The maximum absolute atomic E-state index is 5.74. The van der Waals surface area contributed by atoms with Crippen LogP contribution in [0.1, 0.15) is 32.3 Å². The normalized spacial score (nSPS) is 10.9. The summed E-state index contributed by atoms with van der Waals surface area (Å²) >= 11 is 3.52. The molecule has 0 aromatic heterocycles. The van der Waals surface area contributed by atoms with E-state index in [1.807, 2.05) is 12.1 Å². The fourth-order valence-electron chi connectivity index (χ4n) is 1.67. The van der Waals surface area contributed by atoms with E-state index in [2.05, 4.69) is 35.8 Å². The second-order valence-electron chi connectivity index (χ2n) is 4.68. The Balaban J connectivity index is 2.45. The summed E-state index contributed by atoms with van der Waals surface area (Å²) in [5.74, 6) is 1.69. The van der Waals surface area contributed by atoms with Crippen LogP contribution in [0.15, 0.2) is 22.7 Å². The van der Waals surface area contributed by atoms with Gasteiger partial charge in [0.2, 0.25) is 0 Å². The van der Waals surface area contributed by atoms with Gasteiger partial charge < -0.3 is 10.5 Å². The Hall–Kier alpha value is -0.540. The minimum absolute atomic E-state index is 0.662. The molecule has 0 saturated carbocycles. The van der Waals surface area contributed by atoms with Crippen molar-refractivity contribution >= 4 is 15.9 Å². The topological polar surface area (TPSA) is 35.2 Å². The van der Waals surface area contributed by atoms with Gasteiger partial charge in [0.15, 0.2) is 0 Å². The predicted octanol–water partition coefficient (Wildman–Crippen LogP) is 3.77. The molecule has 1 aromatic rings. The van der Waals surface area contributed by atoms with Crippen molar-refractivity contribution in [2.75, 3.05) is 13.2 Å². The van der Waals surface area contributed by atoms with Crippen LogP contribution in [0.25, 0.3) is 0 Å². The summed E-state index contributed by atoms with van der Waals surface area (Å²) in [7, 11) is 0. The largest absolute Gasteiger partial charge is 0.494 e. The smallest absolute Gasteiger partial charge is 0.119 e. The Bertz CT molecular complexity index is 339. The highest BCUT2D eigenvalue weighted by Crippen LogP contribution is 2.23. The molecule has 0 atom stereocenters. The van der Waals surface area contributed by atoms with Gasteiger partial charge in [0.25, 0.3) is 0 Å². The molecule has 0 aliphatic rings. The van der Waals surface area contributed by atoms with E-state index < -0.39 is 0 Å². The van der Waals surface area contributed by atoms with Crippen molar-refractivity contribution in [2.24, 2.45) is 11.7 Å². The number of benzene rings is 1. The Kier molecular flexibility index (Phi) is 6.60. The number of ether oxygens (including phenoxy) is 1. The average Bonchev–Trinajstić information content (AvgIpc) is 2.28. The standard InChI is InChI=1S/C14H22BrNO/c1-11(2)4-3-9-17-13-5-6-14(15)12(10-13)7-8-16/h5-6,10-11H,3-4,7-9,16H2,1-2H3. The van der Waals surface area contributed by atoms with Gasteiger partial charge in [-0.2, -0.15) is 0 Å². The fourth-order valence-corrected chi connectivity index (χ4v) is 2.11. The summed E-state index contributed by atoms with van der Waals surface area (Å²) < 4.78 is 6.85. The molecular weight excluding hydrogens is 278 g/mol. The van der Waals surface area contributed by atoms with Crippen LogP contribution in [-0.2, 0) is 6.42 Å². The molecule has 0 aliphatic carbocycles. The van der Waals surface area contributed by atoms with Crippen LogP contribution < -0.4 is 10.5 Å². The van der Waals surface area contributed by atoms with Crippen LogP contribution in [-0.4, -0.2) is 13.2 Å². The van der Waals surface area contributed by atoms with E-state index in [1.54, 1.807) is 0 Å². The highest BCUT2D eigenvalue weighted by molar-refractivity contribution is 9.10. The highest BCUT2D eigenvalue weighted by atomic mass is 79.9. The molecule has 0 bridgehead atoms. The third kappa shape index (κ3) is 5.55. The quantitative estimate of drug-likeness (QED) is 0.778.